The molecule has 3 N–H and O–H groups in total. The van der Waals surface area contributed by atoms with E-state index in [9.17, 15) is 9.90 Å². The van der Waals surface area contributed by atoms with Crippen LogP contribution in [0.15, 0.2) is 59.0 Å². The number of carbonyl (C=O) groups is 1. The topological polar surface area (TPSA) is 87.4 Å². The maximum atomic E-state index is 12.5. The minimum atomic E-state index is -0.305. The lowest BCUT2D eigenvalue weighted by Gasteiger charge is -2.12. The Morgan fingerprint density at radius 3 is 2.65 bits per heavy atom. The van der Waals surface area contributed by atoms with E-state index in [1.165, 1.54) is 6.07 Å². The summed E-state index contributed by atoms with van der Waals surface area (Å²) in [5.74, 6) is -0.0841. The Balaban J connectivity index is 1.48. The average molecular weight is 452 g/mol. The molecule has 1 aromatic heterocycles. The van der Waals surface area contributed by atoms with Crippen LogP contribution < -0.4 is 10.6 Å². The SMILES string of the molecule is Cc1ccc(C(=O)NC(=S)Nc2ccc(-c3nc4cc(Cl)ccc4o3)c(O)c2)c(C)c1. The summed E-state index contributed by atoms with van der Waals surface area (Å²) in [6.07, 6.45) is 0. The molecule has 0 spiro atoms. The maximum absolute atomic E-state index is 12.5. The highest BCUT2D eigenvalue weighted by Gasteiger charge is 2.15. The summed E-state index contributed by atoms with van der Waals surface area (Å²) in [7, 11) is 0. The monoisotopic (exact) mass is 451 g/mol. The smallest absolute Gasteiger partial charge is 0.257 e. The molecule has 0 aliphatic carbocycles. The van der Waals surface area contributed by atoms with Crippen molar-refractivity contribution in [2.24, 2.45) is 0 Å². The Morgan fingerprint density at radius 2 is 1.90 bits per heavy atom. The van der Waals surface area contributed by atoms with Gasteiger partial charge in [0.05, 0.1) is 5.56 Å². The number of halogens is 1. The molecule has 0 aliphatic heterocycles. The van der Waals surface area contributed by atoms with Gasteiger partial charge in [0, 0.05) is 22.3 Å². The number of rotatable bonds is 3. The molecule has 0 saturated heterocycles. The molecule has 0 aliphatic rings. The van der Waals surface area contributed by atoms with Crippen LogP contribution in [0.1, 0.15) is 21.5 Å². The van der Waals surface area contributed by atoms with Gasteiger partial charge in [-0.05, 0) is 68.0 Å². The van der Waals surface area contributed by atoms with Crippen molar-refractivity contribution in [1.29, 1.82) is 0 Å². The van der Waals surface area contributed by atoms with Crippen LogP contribution in [0.4, 0.5) is 5.69 Å². The number of hydrogen-bond donors (Lipinski definition) is 3. The van der Waals surface area contributed by atoms with E-state index in [-0.39, 0.29) is 22.7 Å². The van der Waals surface area contributed by atoms with Crippen LogP contribution in [-0.4, -0.2) is 21.1 Å². The highest BCUT2D eigenvalue weighted by molar-refractivity contribution is 7.80. The van der Waals surface area contributed by atoms with Gasteiger partial charge in [-0.1, -0.05) is 29.3 Å². The van der Waals surface area contributed by atoms with Crippen LogP contribution in [0.2, 0.25) is 5.02 Å². The second kappa shape index (κ2) is 8.37. The van der Waals surface area contributed by atoms with Crippen LogP contribution in [0, 0.1) is 13.8 Å². The Hall–Kier alpha value is -3.42. The number of aromatic hydroxyl groups is 1. The molecule has 8 heteroatoms. The summed E-state index contributed by atoms with van der Waals surface area (Å²) in [4.78, 5) is 16.8. The fraction of sp³-hybridized carbons (Fsp3) is 0.0870. The van der Waals surface area contributed by atoms with Gasteiger partial charge in [-0.3, -0.25) is 10.1 Å². The molecule has 6 nitrogen and oxygen atoms in total. The van der Waals surface area contributed by atoms with Gasteiger partial charge in [0.25, 0.3) is 5.91 Å². The summed E-state index contributed by atoms with van der Waals surface area (Å²) in [5, 5.41) is 16.7. The number of thiocarbonyl (C=S) groups is 1. The van der Waals surface area contributed by atoms with Gasteiger partial charge in [-0.15, -0.1) is 0 Å². The quantitative estimate of drug-likeness (QED) is 0.351. The Labute approximate surface area is 188 Å². The van der Waals surface area contributed by atoms with Crippen molar-refractivity contribution in [2.75, 3.05) is 5.32 Å². The van der Waals surface area contributed by atoms with Gasteiger partial charge >= 0.3 is 0 Å². The number of hydrogen-bond acceptors (Lipinski definition) is 5. The molecule has 1 amide bonds. The summed E-state index contributed by atoms with van der Waals surface area (Å²) in [6.45, 7) is 3.84. The Morgan fingerprint density at radius 1 is 1.10 bits per heavy atom. The number of phenolic OH excluding ortho intramolecular Hbond substituents is 1. The number of aromatic nitrogens is 1. The first kappa shape index (κ1) is 20.8. The number of anilines is 1. The molecular weight excluding hydrogens is 434 g/mol. The molecule has 4 rings (SSSR count). The molecule has 31 heavy (non-hydrogen) atoms. The predicted octanol–water partition coefficient (Wildman–Crippen LogP) is 5.60. The van der Waals surface area contributed by atoms with Gasteiger partial charge < -0.3 is 14.8 Å². The zero-order chi connectivity index (χ0) is 22.1. The van der Waals surface area contributed by atoms with Crippen molar-refractivity contribution in [3.8, 4) is 17.2 Å². The molecule has 4 aromatic rings. The Kier molecular flexibility index (Phi) is 5.63. The second-order valence-electron chi connectivity index (χ2n) is 7.09. The molecule has 0 fully saturated rings. The lowest BCUT2D eigenvalue weighted by molar-refractivity contribution is 0.0977. The van der Waals surface area contributed by atoms with Crippen LogP contribution in [-0.2, 0) is 0 Å². The first-order valence-corrected chi connectivity index (χ1v) is 10.2. The van der Waals surface area contributed by atoms with Crippen molar-refractivity contribution < 1.29 is 14.3 Å². The third-order valence-corrected chi connectivity index (χ3v) is 5.13. The highest BCUT2D eigenvalue weighted by Crippen LogP contribution is 2.33. The van der Waals surface area contributed by atoms with E-state index in [1.54, 1.807) is 36.4 Å². The van der Waals surface area contributed by atoms with E-state index in [0.29, 0.717) is 32.9 Å². The molecule has 0 saturated carbocycles. The summed E-state index contributed by atoms with van der Waals surface area (Å²) >= 11 is 11.2. The predicted molar refractivity (Wildman–Crippen MR) is 126 cm³/mol. The maximum Gasteiger partial charge on any atom is 0.257 e. The summed E-state index contributed by atoms with van der Waals surface area (Å²) in [5.41, 5.74) is 4.57. The van der Waals surface area contributed by atoms with Crippen molar-refractivity contribution in [1.82, 2.24) is 10.3 Å². The number of nitrogens with zero attached hydrogens (tertiary/aromatic N) is 1. The minimum absolute atomic E-state index is 0.0499. The number of fused-ring (bicyclic) bond motifs is 1. The van der Waals surface area contributed by atoms with E-state index in [2.05, 4.69) is 15.6 Å². The standard InChI is InChI=1S/C23H18ClN3O3S/c1-12-3-6-16(13(2)9-12)21(29)27-23(31)25-15-5-7-17(19(28)11-15)22-26-18-10-14(24)4-8-20(18)30-22/h3-11,28H,1-2H3,(H2,25,27,29,31). The number of amides is 1. The number of phenols is 1. The largest absolute Gasteiger partial charge is 0.507 e. The first-order chi connectivity index (χ1) is 14.8. The van der Waals surface area contributed by atoms with Crippen LogP contribution in [0.25, 0.3) is 22.6 Å². The second-order valence-corrected chi connectivity index (χ2v) is 7.93. The van der Waals surface area contributed by atoms with E-state index >= 15 is 0 Å². The summed E-state index contributed by atoms with van der Waals surface area (Å²) in [6, 6.07) is 15.5. The number of nitrogens with one attached hydrogen (secondary N) is 2. The Bertz CT molecular complexity index is 1330. The number of aryl methyl sites for hydroxylation is 2. The zero-order valence-corrected chi connectivity index (χ0v) is 18.3. The van der Waals surface area contributed by atoms with Crippen molar-refractivity contribution >= 4 is 51.6 Å². The van der Waals surface area contributed by atoms with Crippen molar-refractivity contribution in [2.45, 2.75) is 13.8 Å². The van der Waals surface area contributed by atoms with Crippen LogP contribution in [0.5, 0.6) is 5.75 Å². The van der Waals surface area contributed by atoms with Crippen molar-refractivity contribution in [3.63, 3.8) is 0 Å². The molecule has 156 valence electrons. The van der Waals surface area contributed by atoms with E-state index < -0.39 is 0 Å². The van der Waals surface area contributed by atoms with Gasteiger partial charge in [0.1, 0.15) is 11.3 Å². The fourth-order valence-corrected chi connectivity index (χ4v) is 3.58. The number of carbonyl (C=O) groups excluding carboxylic acids is 1. The average Bonchev–Trinajstić information content (AvgIpc) is 3.10. The van der Waals surface area contributed by atoms with E-state index in [1.807, 2.05) is 26.0 Å². The normalized spacial score (nSPS) is 10.8. The van der Waals surface area contributed by atoms with Gasteiger partial charge in [0.15, 0.2) is 10.7 Å². The fourth-order valence-electron chi connectivity index (χ4n) is 3.21. The molecule has 3 aromatic carbocycles. The highest BCUT2D eigenvalue weighted by atomic mass is 35.5. The molecule has 0 unspecified atom stereocenters. The third kappa shape index (κ3) is 4.52. The van der Waals surface area contributed by atoms with Crippen LogP contribution in [0.3, 0.4) is 0 Å². The van der Waals surface area contributed by atoms with E-state index in [0.717, 1.165) is 11.1 Å². The lowest BCUT2D eigenvalue weighted by Crippen LogP contribution is -2.34. The molecule has 0 bridgehead atoms. The number of benzene rings is 3. The van der Waals surface area contributed by atoms with Gasteiger partial charge in [0.2, 0.25) is 5.89 Å². The molecule has 0 radical (unpaired) electrons. The van der Waals surface area contributed by atoms with Gasteiger partial charge in [-0.25, -0.2) is 4.98 Å². The minimum Gasteiger partial charge on any atom is -0.507 e. The van der Waals surface area contributed by atoms with Crippen LogP contribution >= 0.6 is 23.8 Å². The lowest BCUT2D eigenvalue weighted by atomic mass is 10.1. The molecule has 1 heterocycles. The van der Waals surface area contributed by atoms with E-state index in [4.69, 9.17) is 28.2 Å². The zero-order valence-electron chi connectivity index (χ0n) is 16.7. The third-order valence-electron chi connectivity index (χ3n) is 4.69. The van der Waals surface area contributed by atoms with Gasteiger partial charge in [-0.2, -0.15) is 0 Å². The number of oxazole rings is 1. The molecular formula is C23H18ClN3O3S. The first-order valence-electron chi connectivity index (χ1n) is 9.39. The molecule has 0 atom stereocenters. The van der Waals surface area contributed by atoms with Crippen molar-refractivity contribution in [3.05, 3.63) is 76.3 Å². The summed E-state index contributed by atoms with van der Waals surface area (Å²) < 4.78 is 5.70.